The molecule has 18 heavy (non-hydrogen) atoms. The van der Waals surface area contributed by atoms with Crippen LogP contribution in [0.4, 0.5) is 30.7 Å². The second kappa shape index (κ2) is 5.84. The Hall–Kier alpha value is -0.193. The van der Waals surface area contributed by atoms with Crippen LogP contribution in [0.1, 0.15) is 6.92 Å². The first kappa shape index (κ1) is 17.8. The minimum atomic E-state index is -5.69. The molecule has 0 aromatic carbocycles. The fourth-order valence-corrected chi connectivity index (χ4v) is 2.90. The fourth-order valence-electron chi connectivity index (χ4n) is 0.657. The van der Waals surface area contributed by atoms with Crippen molar-refractivity contribution in [1.29, 1.82) is 0 Å². The van der Waals surface area contributed by atoms with Gasteiger partial charge in [0, 0.05) is 6.61 Å². The zero-order chi connectivity index (χ0) is 14.8. The molecule has 0 aromatic heterocycles. The van der Waals surface area contributed by atoms with Crippen molar-refractivity contribution in [3.63, 3.8) is 0 Å². The average Bonchev–Trinajstić information content (AvgIpc) is 2.15. The van der Waals surface area contributed by atoms with Gasteiger partial charge in [0.2, 0.25) is 0 Å². The summed E-state index contributed by atoms with van der Waals surface area (Å²) in [6.45, 7) is -4.78. The van der Waals surface area contributed by atoms with Gasteiger partial charge in [-0.3, -0.25) is 0 Å². The maximum Gasteiger partial charge on any atom is 0.477 e. The molecule has 0 aromatic rings. The van der Waals surface area contributed by atoms with Crippen LogP contribution in [0.25, 0.3) is 0 Å². The molecule has 0 spiro atoms. The standard InChI is InChI=1S/C6H5Cl2F7O2Si/c1-2-16-18(7,8)6(14,15)5(12,13)17-4(11)3(9)10/h2H2,1H3. The van der Waals surface area contributed by atoms with Gasteiger partial charge in [-0.15, -0.1) is 22.2 Å². The van der Waals surface area contributed by atoms with E-state index in [9.17, 15) is 30.7 Å². The van der Waals surface area contributed by atoms with Crippen LogP contribution in [-0.4, -0.2) is 25.2 Å². The molecule has 0 amide bonds. The van der Waals surface area contributed by atoms with Crippen molar-refractivity contribution in [3.05, 3.63) is 12.1 Å². The van der Waals surface area contributed by atoms with Gasteiger partial charge in [0.15, 0.2) is 0 Å². The van der Waals surface area contributed by atoms with E-state index >= 15 is 0 Å². The molecular weight excluding hydrogens is 336 g/mol. The summed E-state index contributed by atoms with van der Waals surface area (Å²) in [4.78, 5) is 0. The molecule has 0 saturated carbocycles. The largest absolute Gasteiger partial charge is 0.477 e. The van der Waals surface area contributed by atoms with Gasteiger partial charge >= 0.3 is 30.7 Å². The first-order chi connectivity index (χ1) is 7.89. The van der Waals surface area contributed by atoms with Gasteiger partial charge in [0.1, 0.15) is 0 Å². The van der Waals surface area contributed by atoms with Gasteiger partial charge in [-0.2, -0.15) is 30.7 Å². The summed E-state index contributed by atoms with van der Waals surface area (Å²) in [5.41, 5.74) is -5.36. The smallest absolute Gasteiger partial charge is 0.398 e. The Morgan fingerprint density at radius 3 is 1.89 bits per heavy atom. The second-order valence-electron chi connectivity index (χ2n) is 2.68. The van der Waals surface area contributed by atoms with E-state index in [4.69, 9.17) is 22.2 Å². The van der Waals surface area contributed by atoms with Crippen molar-refractivity contribution in [2.24, 2.45) is 0 Å². The van der Waals surface area contributed by atoms with E-state index in [1.807, 2.05) is 0 Å². The molecule has 108 valence electrons. The van der Waals surface area contributed by atoms with E-state index in [1.165, 1.54) is 0 Å². The molecule has 0 radical (unpaired) electrons. The number of ether oxygens (including phenoxy) is 1. The van der Waals surface area contributed by atoms with Crippen LogP contribution in [0.3, 0.4) is 0 Å². The monoisotopic (exact) mass is 340 g/mol. The fraction of sp³-hybridized carbons (Fsp3) is 0.667. The van der Waals surface area contributed by atoms with Crippen molar-refractivity contribution >= 4 is 29.1 Å². The molecule has 0 bridgehead atoms. The third-order valence-electron chi connectivity index (χ3n) is 1.42. The molecule has 2 nitrogen and oxygen atoms in total. The van der Waals surface area contributed by atoms with Crippen LogP contribution < -0.4 is 0 Å². The number of hydrogen-bond acceptors (Lipinski definition) is 2. The maximum atomic E-state index is 13.2. The van der Waals surface area contributed by atoms with Crippen LogP contribution in [0.15, 0.2) is 12.1 Å². The molecule has 0 rings (SSSR count). The summed E-state index contributed by atoms with van der Waals surface area (Å²) in [5, 5.41) is 0. The Labute approximate surface area is 107 Å². The molecule has 0 heterocycles. The van der Waals surface area contributed by atoms with E-state index in [-0.39, 0.29) is 0 Å². The van der Waals surface area contributed by atoms with E-state index in [2.05, 4.69) is 9.16 Å². The van der Waals surface area contributed by atoms with E-state index in [1.54, 1.807) is 0 Å². The summed E-state index contributed by atoms with van der Waals surface area (Å²) in [6, 6.07) is -3.16. The van der Waals surface area contributed by atoms with Crippen LogP contribution >= 0.6 is 22.2 Å². The van der Waals surface area contributed by atoms with Crippen LogP contribution in [0.2, 0.25) is 0 Å². The minimum absolute atomic E-state index is 0.541. The maximum absolute atomic E-state index is 13.2. The molecule has 0 N–H and O–H groups in total. The first-order valence-corrected chi connectivity index (χ1v) is 7.99. The van der Waals surface area contributed by atoms with Gasteiger partial charge < -0.3 is 9.16 Å². The highest BCUT2D eigenvalue weighted by molar-refractivity contribution is 7.43. The van der Waals surface area contributed by atoms with Crippen molar-refractivity contribution in [2.75, 3.05) is 6.61 Å². The zero-order valence-corrected chi connectivity index (χ0v) is 10.9. The first-order valence-electron chi connectivity index (χ1n) is 4.06. The van der Waals surface area contributed by atoms with Crippen molar-refractivity contribution in [2.45, 2.75) is 18.6 Å². The number of alkyl halides is 4. The van der Waals surface area contributed by atoms with Gasteiger partial charge in [-0.05, 0) is 6.92 Å². The van der Waals surface area contributed by atoms with Crippen molar-refractivity contribution in [3.8, 4) is 0 Å². The molecule has 0 aliphatic carbocycles. The lowest BCUT2D eigenvalue weighted by atomic mass is 10.6. The predicted molar refractivity (Wildman–Crippen MR) is 50.4 cm³/mol. The lowest BCUT2D eigenvalue weighted by Gasteiger charge is -2.31. The van der Waals surface area contributed by atoms with Crippen molar-refractivity contribution in [1.82, 2.24) is 0 Å². The number of hydrogen-bond donors (Lipinski definition) is 0. The summed E-state index contributed by atoms with van der Waals surface area (Å²) in [6.07, 6.45) is -9.02. The Balaban J connectivity index is 5.26. The quantitative estimate of drug-likeness (QED) is 0.311. The lowest BCUT2D eigenvalue weighted by molar-refractivity contribution is -0.315. The molecule has 0 aliphatic rings. The lowest BCUT2D eigenvalue weighted by Crippen LogP contribution is -2.59. The molecular formula is C6H5Cl2F7O2Si. The Morgan fingerprint density at radius 1 is 1.11 bits per heavy atom. The highest BCUT2D eigenvalue weighted by Crippen LogP contribution is 2.47. The van der Waals surface area contributed by atoms with E-state index < -0.39 is 37.3 Å². The molecule has 0 saturated heterocycles. The molecule has 0 fully saturated rings. The SMILES string of the molecule is CCO[Si](Cl)(Cl)C(F)(F)C(F)(F)OC(F)=C(F)F. The van der Waals surface area contributed by atoms with Gasteiger partial charge in [-0.1, -0.05) is 0 Å². The third-order valence-corrected chi connectivity index (χ3v) is 5.18. The summed E-state index contributed by atoms with van der Waals surface area (Å²) in [5.74, 6) is 0. The Bertz CT molecular complexity index is 332. The highest BCUT2D eigenvalue weighted by Gasteiger charge is 2.75. The van der Waals surface area contributed by atoms with Crippen LogP contribution in [-0.2, 0) is 9.16 Å². The summed E-state index contributed by atoms with van der Waals surface area (Å²) >= 11 is 9.84. The Morgan fingerprint density at radius 2 is 1.56 bits per heavy atom. The summed E-state index contributed by atoms with van der Waals surface area (Å²) < 4.78 is 93.7. The van der Waals surface area contributed by atoms with Crippen LogP contribution in [0, 0.1) is 0 Å². The number of rotatable bonds is 6. The van der Waals surface area contributed by atoms with Gasteiger partial charge in [0.25, 0.3) is 0 Å². The molecule has 0 atom stereocenters. The Kier molecular flexibility index (Phi) is 5.78. The molecule has 12 heteroatoms. The number of halogens is 9. The van der Waals surface area contributed by atoms with Gasteiger partial charge in [-0.25, -0.2) is 0 Å². The third kappa shape index (κ3) is 3.65. The molecule has 0 aliphatic heterocycles. The average molecular weight is 341 g/mol. The van der Waals surface area contributed by atoms with Gasteiger partial charge in [0.05, 0.1) is 0 Å². The minimum Gasteiger partial charge on any atom is -0.398 e. The van der Waals surface area contributed by atoms with Crippen molar-refractivity contribution < 1.29 is 39.9 Å². The van der Waals surface area contributed by atoms with E-state index in [0.29, 0.717) is 0 Å². The predicted octanol–water partition coefficient (Wildman–Crippen LogP) is 4.26. The topological polar surface area (TPSA) is 18.5 Å². The zero-order valence-electron chi connectivity index (χ0n) is 8.43. The summed E-state index contributed by atoms with van der Waals surface area (Å²) in [7, 11) is 0. The molecule has 0 unspecified atom stereocenters. The van der Waals surface area contributed by atoms with Crippen LogP contribution in [0.5, 0.6) is 0 Å². The highest BCUT2D eigenvalue weighted by atomic mass is 35.7. The van der Waals surface area contributed by atoms with E-state index in [0.717, 1.165) is 6.92 Å². The second-order valence-corrected chi connectivity index (χ2v) is 8.40. The normalized spacial score (nSPS) is 13.4.